The van der Waals surface area contributed by atoms with Gasteiger partial charge < -0.3 is 10.2 Å². The van der Waals surface area contributed by atoms with E-state index in [9.17, 15) is 9.59 Å². The summed E-state index contributed by atoms with van der Waals surface area (Å²) in [5.41, 5.74) is 0.819. The molecular weight excluding hydrogens is 311 g/mol. The average Bonchev–Trinajstić information content (AvgIpc) is 2.96. The van der Waals surface area contributed by atoms with Crippen LogP contribution in [0.1, 0.15) is 29.3 Å². The van der Waals surface area contributed by atoms with E-state index in [2.05, 4.69) is 5.32 Å². The fourth-order valence-corrected chi connectivity index (χ4v) is 2.75. The van der Waals surface area contributed by atoms with Crippen LogP contribution in [0, 0.1) is 5.41 Å². The number of amides is 2. The van der Waals surface area contributed by atoms with Crippen molar-refractivity contribution in [2.75, 3.05) is 14.1 Å². The van der Waals surface area contributed by atoms with Gasteiger partial charge in [-0.25, -0.2) is 0 Å². The number of benzene rings is 1. The molecule has 6 heteroatoms. The largest absolute Gasteiger partial charge is 0.351 e. The van der Waals surface area contributed by atoms with Gasteiger partial charge in [-0.05, 0) is 31.0 Å². The first-order chi connectivity index (χ1) is 9.67. The molecule has 114 valence electrons. The van der Waals surface area contributed by atoms with E-state index in [4.69, 9.17) is 23.2 Å². The predicted molar refractivity (Wildman–Crippen MR) is 83.5 cm³/mol. The molecule has 0 aliphatic heterocycles. The van der Waals surface area contributed by atoms with Crippen molar-refractivity contribution in [1.82, 2.24) is 10.2 Å². The standard InChI is InChI=1S/C15H18Cl2N2O2/c1-14(9-15(14,16)17)13(21)18-8-10-4-6-11(7-5-10)12(20)19(2)3/h4-7H,8-9H2,1-3H3,(H,18,21). The second kappa shape index (κ2) is 5.50. The fourth-order valence-electron chi connectivity index (χ4n) is 2.05. The molecule has 1 fully saturated rings. The fraction of sp³-hybridized carbons (Fsp3) is 0.467. The number of carbonyl (C=O) groups is 2. The van der Waals surface area contributed by atoms with Crippen LogP contribution in [0.15, 0.2) is 24.3 Å². The van der Waals surface area contributed by atoms with Crippen LogP contribution in [0.4, 0.5) is 0 Å². The topological polar surface area (TPSA) is 49.4 Å². The minimum atomic E-state index is -0.959. The lowest BCUT2D eigenvalue weighted by molar-refractivity contribution is -0.125. The monoisotopic (exact) mass is 328 g/mol. The molecule has 0 spiro atoms. The lowest BCUT2D eigenvalue weighted by Gasteiger charge is -2.13. The van der Waals surface area contributed by atoms with Crippen molar-refractivity contribution in [3.63, 3.8) is 0 Å². The number of nitrogens with zero attached hydrogens (tertiary/aromatic N) is 1. The highest BCUT2D eigenvalue weighted by molar-refractivity contribution is 6.53. The third-order valence-corrected chi connectivity index (χ3v) is 4.92. The highest BCUT2D eigenvalue weighted by atomic mass is 35.5. The van der Waals surface area contributed by atoms with Gasteiger partial charge in [-0.3, -0.25) is 9.59 Å². The Balaban J connectivity index is 1.93. The maximum atomic E-state index is 12.0. The summed E-state index contributed by atoms with van der Waals surface area (Å²) >= 11 is 11.9. The van der Waals surface area contributed by atoms with E-state index in [1.54, 1.807) is 33.2 Å². The molecule has 1 aromatic rings. The van der Waals surface area contributed by atoms with Crippen LogP contribution in [-0.4, -0.2) is 35.1 Å². The second-order valence-electron chi connectivity index (χ2n) is 5.79. The van der Waals surface area contributed by atoms with Crippen molar-refractivity contribution in [2.24, 2.45) is 5.41 Å². The highest BCUT2D eigenvalue weighted by Crippen LogP contribution is 2.63. The molecule has 1 saturated carbocycles. The van der Waals surface area contributed by atoms with E-state index >= 15 is 0 Å². The van der Waals surface area contributed by atoms with Crippen molar-refractivity contribution in [1.29, 1.82) is 0 Å². The zero-order chi connectivity index (χ0) is 15.8. The molecule has 0 radical (unpaired) electrons. The zero-order valence-electron chi connectivity index (χ0n) is 12.2. The summed E-state index contributed by atoms with van der Waals surface area (Å²) in [4.78, 5) is 25.3. The molecule has 1 aliphatic carbocycles. The van der Waals surface area contributed by atoms with Crippen molar-refractivity contribution in [2.45, 2.75) is 24.2 Å². The number of alkyl halides is 2. The maximum Gasteiger partial charge on any atom is 0.253 e. The van der Waals surface area contributed by atoms with Crippen LogP contribution in [-0.2, 0) is 11.3 Å². The molecule has 1 aliphatic rings. The van der Waals surface area contributed by atoms with Gasteiger partial charge in [-0.2, -0.15) is 0 Å². The SMILES string of the molecule is CN(C)C(=O)c1ccc(CNC(=O)C2(C)CC2(Cl)Cl)cc1. The number of rotatable bonds is 4. The number of hydrogen-bond acceptors (Lipinski definition) is 2. The zero-order valence-corrected chi connectivity index (χ0v) is 13.8. The van der Waals surface area contributed by atoms with Crippen molar-refractivity contribution < 1.29 is 9.59 Å². The minimum absolute atomic E-state index is 0.0508. The molecule has 4 nitrogen and oxygen atoms in total. The Morgan fingerprint density at radius 1 is 1.24 bits per heavy atom. The first-order valence-electron chi connectivity index (χ1n) is 6.64. The third kappa shape index (κ3) is 3.16. The van der Waals surface area contributed by atoms with Crippen LogP contribution < -0.4 is 5.32 Å². The summed E-state index contributed by atoms with van der Waals surface area (Å²) in [6.07, 6.45) is 0.464. The predicted octanol–water partition coefficient (Wildman–Crippen LogP) is 2.59. The first kappa shape index (κ1) is 16.1. The Kier molecular flexibility index (Phi) is 4.22. The molecule has 1 atom stereocenters. The van der Waals surface area contributed by atoms with Crippen LogP contribution >= 0.6 is 23.2 Å². The smallest absolute Gasteiger partial charge is 0.253 e. The first-order valence-corrected chi connectivity index (χ1v) is 7.40. The molecule has 2 amide bonds. The van der Waals surface area contributed by atoms with Gasteiger partial charge >= 0.3 is 0 Å². The molecule has 2 rings (SSSR count). The van der Waals surface area contributed by atoms with Gasteiger partial charge in [0.25, 0.3) is 5.91 Å². The van der Waals surface area contributed by atoms with E-state index in [1.807, 2.05) is 12.1 Å². The Bertz CT molecular complexity index is 570. The maximum absolute atomic E-state index is 12.0. The molecule has 1 unspecified atom stereocenters. The summed E-state index contributed by atoms with van der Waals surface area (Å²) < 4.78 is -0.959. The summed E-state index contributed by atoms with van der Waals surface area (Å²) in [5, 5.41) is 2.83. The lowest BCUT2D eigenvalue weighted by atomic mass is 10.1. The van der Waals surface area contributed by atoms with Gasteiger partial charge in [-0.1, -0.05) is 12.1 Å². The normalized spacial score (nSPS) is 22.5. The molecular formula is C15H18Cl2N2O2. The van der Waals surface area contributed by atoms with Crippen LogP contribution in [0.25, 0.3) is 0 Å². The number of carbonyl (C=O) groups excluding carboxylic acids is 2. The highest BCUT2D eigenvalue weighted by Gasteiger charge is 2.67. The van der Waals surface area contributed by atoms with Gasteiger partial charge in [-0.15, -0.1) is 23.2 Å². The number of halogens is 2. The van der Waals surface area contributed by atoms with Gasteiger partial charge in [0.2, 0.25) is 5.91 Å². The lowest BCUT2D eigenvalue weighted by Crippen LogP contribution is -2.32. The van der Waals surface area contributed by atoms with Crippen molar-refractivity contribution in [3.8, 4) is 0 Å². The van der Waals surface area contributed by atoms with E-state index in [0.29, 0.717) is 18.5 Å². The minimum Gasteiger partial charge on any atom is -0.351 e. The molecule has 0 heterocycles. The number of nitrogens with one attached hydrogen (secondary N) is 1. The molecule has 1 N–H and O–H groups in total. The van der Waals surface area contributed by atoms with Crippen LogP contribution in [0.5, 0.6) is 0 Å². The van der Waals surface area contributed by atoms with Gasteiger partial charge in [0.1, 0.15) is 4.33 Å². The van der Waals surface area contributed by atoms with Crippen LogP contribution in [0.2, 0.25) is 0 Å². The molecule has 21 heavy (non-hydrogen) atoms. The second-order valence-corrected chi connectivity index (χ2v) is 7.28. The Labute approximate surface area is 134 Å². The quantitative estimate of drug-likeness (QED) is 0.863. The molecule has 1 aromatic carbocycles. The van der Waals surface area contributed by atoms with E-state index in [-0.39, 0.29) is 11.8 Å². The van der Waals surface area contributed by atoms with Crippen molar-refractivity contribution in [3.05, 3.63) is 35.4 Å². The van der Waals surface area contributed by atoms with Crippen LogP contribution in [0.3, 0.4) is 0 Å². The molecule has 0 bridgehead atoms. The average molecular weight is 329 g/mol. The number of hydrogen-bond donors (Lipinski definition) is 1. The summed E-state index contributed by atoms with van der Waals surface area (Å²) in [6.45, 7) is 2.13. The third-order valence-electron chi connectivity index (χ3n) is 3.82. The van der Waals surface area contributed by atoms with Gasteiger partial charge in [0, 0.05) is 26.2 Å². The van der Waals surface area contributed by atoms with Gasteiger partial charge in [0.15, 0.2) is 0 Å². The summed E-state index contributed by atoms with van der Waals surface area (Å²) in [5.74, 6) is -0.203. The molecule has 0 saturated heterocycles. The van der Waals surface area contributed by atoms with E-state index < -0.39 is 9.75 Å². The summed E-state index contributed by atoms with van der Waals surface area (Å²) in [6, 6.07) is 7.13. The Hall–Kier alpha value is -1.26. The van der Waals surface area contributed by atoms with E-state index in [1.165, 1.54) is 4.90 Å². The summed E-state index contributed by atoms with van der Waals surface area (Å²) in [7, 11) is 3.41. The van der Waals surface area contributed by atoms with E-state index in [0.717, 1.165) is 5.56 Å². The Morgan fingerprint density at radius 3 is 2.19 bits per heavy atom. The van der Waals surface area contributed by atoms with Gasteiger partial charge in [0.05, 0.1) is 5.41 Å². The Morgan fingerprint density at radius 2 is 1.76 bits per heavy atom. The molecule has 0 aromatic heterocycles. The van der Waals surface area contributed by atoms with Crippen molar-refractivity contribution >= 4 is 35.0 Å².